The van der Waals surface area contributed by atoms with Crippen molar-refractivity contribution in [3.8, 4) is 16.9 Å². The fraction of sp³-hybridized carbons (Fsp3) is 0.400. The maximum absolute atomic E-state index is 6.18. The second kappa shape index (κ2) is 8.51. The number of hydrogen-bond acceptors (Lipinski definition) is 1. The predicted octanol–water partition coefficient (Wildman–Crippen LogP) is 6.09. The molecule has 0 unspecified atom stereocenters. The van der Waals surface area contributed by atoms with E-state index in [2.05, 4.69) is 56.3 Å². The first kappa shape index (κ1) is 15.6. The molecule has 0 amide bonds. The molecule has 0 bridgehead atoms. The van der Waals surface area contributed by atoms with Crippen LogP contribution in [0.1, 0.15) is 46.0 Å². The third kappa shape index (κ3) is 4.93. The van der Waals surface area contributed by atoms with Crippen molar-refractivity contribution in [2.75, 3.05) is 0 Å². The van der Waals surface area contributed by atoms with Gasteiger partial charge in [-0.3, -0.25) is 0 Å². The van der Waals surface area contributed by atoms with E-state index in [0.717, 1.165) is 12.2 Å². The Kier molecular flexibility index (Phi) is 6.33. The van der Waals surface area contributed by atoms with Gasteiger partial charge in [0.05, 0.1) is 6.10 Å². The van der Waals surface area contributed by atoms with Crippen LogP contribution in [0.25, 0.3) is 11.1 Å². The zero-order valence-corrected chi connectivity index (χ0v) is 13.2. The Bertz CT molecular complexity index is 518. The Labute approximate surface area is 129 Å². The molecule has 0 heterocycles. The minimum absolute atomic E-state index is 0.270. The number of benzene rings is 2. The summed E-state index contributed by atoms with van der Waals surface area (Å²) in [6.07, 6.45) is 6.57. The van der Waals surface area contributed by atoms with Crippen molar-refractivity contribution in [1.82, 2.24) is 0 Å². The molecule has 0 saturated carbocycles. The molecule has 0 saturated heterocycles. The van der Waals surface area contributed by atoms with Crippen molar-refractivity contribution in [2.24, 2.45) is 0 Å². The van der Waals surface area contributed by atoms with Gasteiger partial charge >= 0.3 is 0 Å². The topological polar surface area (TPSA) is 9.23 Å². The summed E-state index contributed by atoms with van der Waals surface area (Å²) in [5.74, 6) is 0.992. The van der Waals surface area contributed by atoms with Crippen LogP contribution in [0, 0.1) is 0 Å². The zero-order chi connectivity index (χ0) is 14.9. The Hall–Kier alpha value is -1.76. The van der Waals surface area contributed by atoms with Crippen LogP contribution in [-0.2, 0) is 0 Å². The molecule has 1 heteroatoms. The van der Waals surface area contributed by atoms with Crippen molar-refractivity contribution < 1.29 is 4.74 Å². The third-order valence-corrected chi connectivity index (χ3v) is 3.76. The van der Waals surface area contributed by atoms with Crippen molar-refractivity contribution in [3.63, 3.8) is 0 Å². The lowest BCUT2D eigenvalue weighted by Crippen LogP contribution is -2.12. The van der Waals surface area contributed by atoms with E-state index in [4.69, 9.17) is 4.74 Å². The van der Waals surface area contributed by atoms with Crippen LogP contribution in [0.4, 0.5) is 0 Å². The molecule has 1 nitrogen and oxygen atoms in total. The Morgan fingerprint density at radius 1 is 0.857 bits per heavy atom. The summed E-state index contributed by atoms with van der Waals surface area (Å²) >= 11 is 0. The molecule has 0 radical (unpaired) electrons. The fourth-order valence-corrected chi connectivity index (χ4v) is 2.56. The van der Waals surface area contributed by atoms with Gasteiger partial charge in [-0.15, -0.1) is 0 Å². The molecule has 2 aromatic carbocycles. The molecule has 0 aliphatic carbocycles. The molecule has 0 aliphatic heterocycles. The Balaban J connectivity index is 2.00. The number of hydrogen-bond donors (Lipinski definition) is 0. The van der Waals surface area contributed by atoms with Crippen molar-refractivity contribution >= 4 is 0 Å². The van der Waals surface area contributed by atoms with Crippen molar-refractivity contribution in [3.05, 3.63) is 54.6 Å². The molecule has 0 spiro atoms. The first-order valence-electron chi connectivity index (χ1n) is 8.12. The summed E-state index contributed by atoms with van der Waals surface area (Å²) in [6.45, 7) is 4.42. The fourth-order valence-electron chi connectivity index (χ4n) is 2.56. The first-order chi connectivity index (χ1) is 10.3. The molecule has 0 aromatic heterocycles. The summed E-state index contributed by atoms with van der Waals surface area (Å²) in [4.78, 5) is 0. The molecule has 0 N–H and O–H groups in total. The molecule has 0 fully saturated rings. The highest BCUT2D eigenvalue weighted by Crippen LogP contribution is 2.30. The van der Waals surface area contributed by atoms with Crippen LogP contribution in [0.5, 0.6) is 5.75 Å². The molecule has 21 heavy (non-hydrogen) atoms. The smallest absolute Gasteiger partial charge is 0.127 e. The Morgan fingerprint density at radius 2 is 1.57 bits per heavy atom. The van der Waals surface area contributed by atoms with E-state index in [1.54, 1.807) is 0 Å². The summed E-state index contributed by atoms with van der Waals surface area (Å²) in [6, 6.07) is 18.8. The molecule has 1 atom stereocenters. The van der Waals surface area contributed by atoms with Gasteiger partial charge in [0.25, 0.3) is 0 Å². The van der Waals surface area contributed by atoms with Gasteiger partial charge in [-0.1, -0.05) is 74.7 Å². The maximum Gasteiger partial charge on any atom is 0.127 e. The van der Waals surface area contributed by atoms with Gasteiger partial charge in [-0.25, -0.2) is 0 Å². The van der Waals surface area contributed by atoms with E-state index in [1.807, 2.05) is 12.1 Å². The number of unbranched alkanes of at least 4 members (excludes halogenated alkanes) is 3. The molecular formula is C20H26O. The highest BCUT2D eigenvalue weighted by Gasteiger charge is 2.09. The normalized spacial score (nSPS) is 12.1. The quantitative estimate of drug-likeness (QED) is 0.532. The van der Waals surface area contributed by atoms with E-state index in [0.29, 0.717) is 0 Å². The Morgan fingerprint density at radius 3 is 2.33 bits per heavy atom. The lowest BCUT2D eigenvalue weighted by atomic mass is 10.0. The lowest BCUT2D eigenvalue weighted by molar-refractivity contribution is 0.207. The average molecular weight is 282 g/mol. The second-order valence-electron chi connectivity index (χ2n) is 5.64. The number of para-hydroxylation sites is 1. The number of rotatable bonds is 8. The SMILES string of the molecule is CCCCCC[C@H](C)Oc1ccccc1-c1ccccc1. The number of ether oxygens (including phenoxy) is 1. The van der Waals surface area contributed by atoms with Crippen molar-refractivity contribution in [1.29, 1.82) is 0 Å². The summed E-state index contributed by atoms with van der Waals surface area (Å²) in [7, 11) is 0. The van der Waals surface area contributed by atoms with Crippen molar-refractivity contribution in [2.45, 2.75) is 52.1 Å². The summed E-state index contributed by atoms with van der Waals surface area (Å²) in [5.41, 5.74) is 2.39. The summed E-state index contributed by atoms with van der Waals surface area (Å²) < 4.78 is 6.18. The van der Waals surface area contributed by atoms with Gasteiger partial charge in [0.1, 0.15) is 5.75 Å². The van der Waals surface area contributed by atoms with Crippen LogP contribution >= 0.6 is 0 Å². The monoisotopic (exact) mass is 282 g/mol. The van der Waals surface area contributed by atoms with E-state index < -0.39 is 0 Å². The van der Waals surface area contributed by atoms with E-state index in [-0.39, 0.29) is 6.10 Å². The van der Waals surface area contributed by atoms with Crippen LogP contribution in [0.15, 0.2) is 54.6 Å². The third-order valence-electron chi connectivity index (χ3n) is 3.76. The van der Waals surface area contributed by atoms with Crippen LogP contribution in [0.2, 0.25) is 0 Å². The molecule has 2 aromatic rings. The van der Waals surface area contributed by atoms with Gasteiger partial charge < -0.3 is 4.74 Å². The second-order valence-corrected chi connectivity index (χ2v) is 5.64. The van der Waals surface area contributed by atoms with Gasteiger partial charge in [-0.2, -0.15) is 0 Å². The molecule has 112 valence electrons. The lowest BCUT2D eigenvalue weighted by Gasteiger charge is -2.17. The van der Waals surface area contributed by atoms with E-state index in [9.17, 15) is 0 Å². The highest BCUT2D eigenvalue weighted by molar-refractivity contribution is 5.70. The summed E-state index contributed by atoms with van der Waals surface area (Å²) in [5, 5.41) is 0. The van der Waals surface area contributed by atoms with Gasteiger partial charge in [0, 0.05) is 5.56 Å². The predicted molar refractivity (Wildman–Crippen MR) is 90.7 cm³/mol. The molecule has 2 rings (SSSR count). The van der Waals surface area contributed by atoms with Crippen LogP contribution in [-0.4, -0.2) is 6.10 Å². The minimum atomic E-state index is 0.270. The van der Waals surface area contributed by atoms with E-state index in [1.165, 1.54) is 36.8 Å². The molecule has 0 aliphatic rings. The maximum atomic E-state index is 6.18. The zero-order valence-electron chi connectivity index (χ0n) is 13.2. The van der Waals surface area contributed by atoms with E-state index >= 15 is 0 Å². The van der Waals surface area contributed by atoms with Gasteiger partial charge in [0.2, 0.25) is 0 Å². The largest absolute Gasteiger partial charge is 0.490 e. The highest BCUT2D eigenvalue weighted by atomic mass is 16.5. The van der Waals surface area contributed by atoms with Crippen LogP contribution in [0.3, 0.4) is 0 Å². The van der Waals surface area contributed by atoms with Gasteiger partial charge in [0.15, 0.2) is 0 Å². The minimum Gasteiger partial charge on any atom is -0.490 e. The average Bonchev–Trinajstić information content (AvgIpc) is 2.53. The van der Waals surface area contributed by atoms with Gasteiger partial charge in [-0.05, 0) is 31.4 Å². The van der Waals surface area contributed by atoms with Crippen LogP contribution < -0.4 is 4.74 Å². The first-order valence-corrected chi connectivity index (χ1v) is 8.12. The standard InChI is InChI=1S/C20H26O/c1-3-4-5-7-12-17(2)21-20-16-11-10-15-19(20)18-13-8-6-9-14-18/h6,8-11,13-17H,3-5,7,12H2,1-2H3/t17-/m0/s1. The molecular weight excluding hydrogens is 256 g/mol.